The van der Waals surface area contributed by atoms with Crippen LogP contribution in [-0.4, -0.2) is 17.1 Å². The largest absolute Gasteiger partial charge is 0.480 e. The van der Waals surface area contributed by atoms with Gasteiger partial charge in [-0.15, -0.1) is 0 Å². The van der Waals surface area contributed by atoms with E-state index in [2.05, 4.69) is 5.32 Å². The Bertz CT molecular complexity index is 569. The van der Waals surface area contributed by atoms with Crippen molar-refractivity contribution >= 4 is 5.97 Å². The first-order chi connectivity index (χ1) is 9.58. The highest BCUT2D eigenvalue weighted by atomic mass is 19.1. The van der Waals surface area contributed by atoms with Crippen LogP contribution in [0.15, 0.2) is 54.6 Å². The molecule has 2 rings (SSSR count). The first kappa shape index (κ1) is 14.2. The Kier molecular flexibility index (Phi) is 4.48. The molecule has 2 atom stereocenters. The van der Waals surface area contributed by atoms with Gasteiger partial charge in [-0.25, -0.2) is 4.39 Å². The standard InChI is InChI=1S/C16H16FNO2/c1-11(16(19)20)18-15(12-5-3-2-4-6-12)13-7-9-14(17)10-8-13/h2-11,15,18H,1H3,(H,19,20). The van der Waals surface area contributed by atoms with E-state index < -0.39 is 12.0 Å². The first-order valence-corrected chi connectivity index (χ1v) is 6.37. The molecule has 0 fully saturated rings. The van der Waals surface area contributed by atoms with E-state index >= 15 is 0 Å². The zero-order chi connectivity index (χ0) is 14.5. The number of hydrogen-bond acceptors (Lipinski definition) is 2. The van der Waals surface area contributed by atoms with Crippen LogP contribution in [0.25, 0.3) is 0 Å². The summed E-state index contributed by atoms with van der Waals surface area (Å²) in [6.07, 6.45) is 0. The van der Waals surface area contributed by atoms with Crippen molar-refractivity contribution in [1.29, 1.82) is 0 Å². The van der Waals surface area contributed by atoms with E-state index in [-0.39, 0.29) is 11.9 Å². The molecule has 0 saturated carbocycles. The van der Waals surface area contributed by atoms with Gasteiger partial charge in [0.25, 0.3) is 0 Å². The number of hydrogen-bond donors (Lipinski definition) is 2. The number of halogens is 1. The van der Waals surface area contributed by atoms with Gasteiger partial charge >= 0.3 is 5.97 Å². The molecule has 4 heteroatoms. The summed E-state index contributed by atoms with van der Waals surface area (Å²) in [6, 6.07) is 14.6. The zero-order valence-corrected chi connectivity index (χ0v) is 11.1. The van der Waals surface area contributed by atoms with Gasteiger partial charge in [-0.3, -0.25) is 10.1 Å². The molecule has 2 aromatic carbocycles. The third kappa shape index (κ3) is 3.42. The van der Waals surface area contributed by atoms with Crippen LogP contribution < -0.4 is 5.32 Å². The van der Waals surface area contributed by atoms with Crippen LogP contribution in [0.1, 0.15) is 24.1 Å². The fourth-order valence-electron chi connectivity index (χ4n) is 2.01. The van der Waals surface area contributed by atoms with E-state index in [0.717, 1.165) is 11.1 Å². The Labute approximate surface area is 117 Å². The van der Waals surface area contributed by atoms with Crippen molar-refractivity contribution in [3.05, 3.63) is 71.5 Å². The van der Waals surface area contributed by atoms with E-state index in [1.807, 2.05) is 30.3 Å². The second-order valence-corrected chi connectivity index (χ2v) is 4.62. The molecule has 2 aromatic rings. The minimum absolute atomic E-state index is 0.289. The molecule has 0 spiro atoms. The van der Waals surface area contributed by atoms with Gasteiger partial charge in [-0.2, -0.15) is 0 Å². The SMILES string of the molecule is CC(NC(c1ccccc1)c1ccc(F)cc1)C(=O)O. The van der Waals surface area contributed by atoms with E-state index in [1.54, 1.807) is 19.1 Å². The van der Waals surface area contributed by atoms with Crippen molar-refractivity contribution in [2.24, 2.45) is 0 Å². The quantitative estimate of drug-likeness (QED) is 0.880. The summed E-state index contributed by atoms with van der Waals surface area (Å²) in [5.41, 5.74) is 1.76. The number of aliphatic carboxylic acids is 1. The van der Waals surface area contributed by atoms with Gasteiger partial charge in [-0.05, 0) is 30.2 Å². The maximum atomic E-state index is 13.0. The molecule has 2 N–H and O–H groups in total. The molecule has 0 aliphatic heterocycles. The molecule has 0 radical (unpaired) electrons. The fourth-order valence-corrected chi connectivity index (χ4v) is 2.01. The van der Waals surface area contributed by atoms with Crippen LogP contribution in [0.2, 0.25) is 0 Å². The van der Waals surface area contributed by atoms with Gasteiger partial charge in [0, 0.05) is 0 Å². The molecule has 0 heterocycles. The molecule has 0 aliphatic carbocycles. The second-order valence-electron chi connectivity index (χ2n) is 4.62. The van der Waals surface area contributed by atoms with Crippen LogP contribution in [-0.2, 0) is 4.79 Å². The number of carboxylic acid groups (broad SMARTS) is 1. The molecule has 2 unspecified atom stereocenters. The Morgan fingerprint density at radius 2 is 1.60 bits per heavy atom. The minimum atomic E-state index is -0.923. The molecule has 104 valence electrons. The predicted molar refractivity (Wildman–Crippen MR) is 74.9 cm³/mol. The topological polar surface area (TPSA) is 49.3 Å². The van der Waals surface area contributed by atoms with Crippen LogP contribution in [0.3, 0.4) is 0 Å². The monoisotopic (exact) mass is 273 g/mol. The van der Waals surface area contributed by atoms with Gasteiger partial charge in [0.1, 0.15) is 11.9 Å². The van der Waals surface area contributed by atoms with Crippen molar-refractivity contribution in [1.82, 2.24) is 5.32 Å². The molecule has 20 heavy (non-hydrogen) atoms. The summed E-state index contributed by atoms with van der Waals surface area (Å²) in [7, 11) is 0. The average Bonchev–Trinajstić information content (AvgIpc) is 2.46. The summed E-state index contributed by atoms with van der Waals surface area (Å²) in [6.45, 7) is 1.59. The van der Waals surface area contributed by atoms with Crippen LogP contribution >= 0.6 is 0 Å². The smallest absolute Gasteiger partial charge is 0.320 e. The summed E-state index contributed by atoms with van der Waals surface area (Å²) >= 11 is 0. The minimum Gasteiger partial charge on any atom is -0.480 e. The molecule has 0 amide bonds. The Balaban J connectivity index is 2.34. The van der Waals surface area contributed by atoms with Crippen molar-refractivity contribution in [3.8, 4) is 0 Å². The van der Waals surface area contributed by atoms with E-state index in [1.165, 1.54) is 12.1 Å². The third-order valence-corrected chi connectivity index (χ3v) is 3.12. The van der Waals surface area contributed by atoms with Crippen molar-refractivity contribution in [2.75, 3.05) is 0 Å². The van der Waals surface area contributed by atoms with Crippen LogP contribution in [0.4, 0.5) is 4.39 Å². The van der Waals surface area contributed by atoms with E-state index in [0.29, 0.717) is 0 Å². The first-order valence-electron chi connectivity index (χ1n) is 6.37. The third-order valence-electron chi connectivity index (χ3n) is 3.12. The lowest BCUT2D eigenvalue weighted by molar-refractivity contribution is -0.139. The molecular weight excluding hydrogens is 257 g/mol. The van der Waals surface area contributed by atoms with E-state index in [9.17, 15) is 9.18 Å². The lowest BCUT2D eigenvalue weighted by atomic mass is 9.98. The molecular formula is C16H16FNO2. The van der Waals surface area contributed by atoms with Gasteiger partial charge < -0.3 is 5.11 Å². The zero-order valence-electron chi connectivity index (χ0n) is 11.1. The average molecular weight is 273 g/mol. The van der Waals surface area contributed by atoms with Crippen LogP contribution in [0, 0.1) is 5.82 Å². The lowest BCUT2D eigenvalue weighted by Crippen LogP contribution is -2.37. The fraction of sp³-hybridized carbons (Fsp3) is 0.188. The molecule has 0 aliphatic rings. The van der Waals surface area contributed by atoms with Crippen molar-refractivity contribution in [3.63, 3.8) is 0 Å². The van der Waals surface area contributed by atoms with Crippen molar-refractivity contribution in [2.45, 2.75) is 19.0 Å². The summed E-state index contributed by atoms with van der Waals surface area (Å²) in [4.78, 5) is 11.0. The van der Waals surface area contributed by atoms with E-state index in [4.69, 9.17) is 5.11 Å². The molecule has 0 saturated heterocycles. The molecule has 0 aromatic heterocycles. The Hall–Kier alpha value is -2.20. The van der Waals surface area contributed by atoms with Gasteiger partial charge in [0.15, 0.2) is 0 Å². The molecule has 0 bridgehead atoms. The number of benzene rings is 2. The molecule has 3 nitrogen and oxygen atoms in total. The number of nitrogens with one attached hydrogen (secondary N) is 1. The number of carboxylic acids is 1. The summed E-state index contributed by atoms with van der Waals surface area (Å²) in [5, 5.41) is 12.1. The lowest BCUT2D eigenvalue weighted by Gasteiger charge is -2.22. The summed E-state index contributed by atoms with van der Waals surface area (Å²) in [5.74, 6) is -1.24. The normalized spacial score (nSPS) is 13.7. The highest BCUT2D eigenvalue weighted by Crippen LogP contribution is 2.22. The van der Waals surface area contributed by atoms with Gasteiger partial charge in [0.2, 0.25) is 0 Å². The summed E-state index contributed by atoms with van der Waals surface area (Å²) < 4.78 is 13.0. The highest BCUT2D eigenvalue weighted by Gasteiger charge is 2.19. The maximum absolute atomic E-state index is 13.0. The highest BCUT2D eigenvalue weighted by molar-refractivity contribution is 5.73. The Morgan fingerprint density at radius 1 is 1.05 bits per heavy atom. The number of rotatable bonds is 5. The van der Waals surface area contributed by atoms with Gasteiger partial charge in [0.05, 0.1) is 6.04 Å². The Morgan fingerprint density at radius 3 is 2.15 bits per heavy atom. The number of carbonyl (C=O) groups is 1. The maximum Gasteiger partial charge on any atom is 0.320 e. The predicted octanol–water partition coefficient (Wildman–Crippen LogP) is 2.98. The van der Waals surface area contributed by atoms with Crippen molar-refractivity contribution < 1.29 is 14.3 Å². The van der Waals surface area contributed by atoms with Gasteiger partial charge in [-0.1, -0.05) is 42.5 Å². The van der Waals surface area contributed by atoms with Crippen LogP contribution in [0.5, 0.6) is 0 Å². The second kappa shape index (κ2) is 6.30.